The molecule has 20 heavy (non-hydrogen) atoms. The Kier molecular flexibility index (Phi) is 4.88. The van der Waals surface area contributed by atoms with Crippen molar-refractivity contribution in [1.82, 2.24) is 14.0 Å². The molecule has 2 N–H and O–H groups in total. The third kappa shape index (κ3) is 3.80. The highest BCUT2D eigenvalue weighted by Crippen LogP contribution is 2.13. The highest BCUT2D eigenvalue weighted by atomic mass is 16.2. The fourth-order valence-corrected chi connectivity index (χ4v) is 1.80. The number of rotatable bonds is 5. The number of likely N-dealkylation sites (N-methyl/N-ethyl adjacent to an activating group) is 1. The van der Waals surface area contributed by atoms with Crippen LogP contribution in [0.4, 0.5) is 0 Å². The fourth-order valence-electron chi connectivity index (χ4n) is 1.80. The van der Waals surface area contributed by atoms with Crippen molar-refractivity contribution < 1.29 is 4.79 Å². The number of nitrogens with zero attached hydrogens (tertiary/aromatic N) is 3. The number of aromatic nitrogens is 2. The van der Waals surface area contributed by atoms with Gasteiger partial charge >= 0.3 is 5.69 Å². The molecule has 0 aliphatic heterocycles. The number of carbonyl (C=O) groups excluding carboxylic acids is 1. The minimum atomic E-state index is -0.502. The monoisotopic (exact) mass is 282 g/mol. The summed E-state index contributed by atoms with van der Waals surface area (Å²) in [6.07, 6.45) is 1.34. The summed E-state index contributed by atoms with van der Waals surface area (Å²) in [4.78, 5) is 36.7. The lowest BCUT2D eigenvalue weighted by Crippen LogP contribution is -2.44. The molecule has 1 rings (SSSR count). The Morgan fingerprint density at radius 2 is 2.00 bits per heavy atom. The molecule has 0 aromatic carbocycles. The number of amides is 1. The molecule has 0 radical (unpaired) electrons. The number of nitrogens with two attached hydrogens (primary N) is 1. The van der Waals surface area contributed by atoms with Crippen LogP contribution in [0.5, 0.6) is 0 Å². The average Bonchev–Trinajstić information content (AvgIpc) is 2.39. The Bertz CT molecular complexity index is 600. The largest absolute Gasteiger partial charge is 0.344 e. The first-order valence-electron chi connectivity index (χ1n) is 6.38. The maximum absolute atomic E-state index is 12.1. The van der Waals surface area contributed by atoms with Crippen molar-refractivity contribution in [3.8, 4) is 0 Å². The first-order chi connectivity index (χ1) is 9.18. The highest BCUT2D eigenvalue weighted by molar-refractivity contribution is 5.75. The lowest BCUT2D eigenvalue weighted by molar-refractivity contribution is -0.131. The van der Waals surface area contributed by atoms with Crippen molar-refractivity contribution in [1.29, 1.82) is 0 Å². The van der Waals surface area contributed by atoms with E-state index in [1.54, 1.807) is 11.9 Å². The Labute approximate surface area is 117 Å². The molecule has 7 nitrogen and oxygen atoms in total. The lowest BCUT2D eigenvalue weighted by atomic mass is 9.93. The van der Waals surface area contributed by atoms with Crippen LogP contribution >= 0.6 is 0 Å². The molecule has 0 bridgehead atoms. The molecular weight excluding hydrogens is 260 g/mol. The summed E-state index contributed by atoms with van der Waals surface area (Å²) in [5, 5.41) is 0. The van der Waals surface area contributed by atoms with Crippen molar-refractivity contribution in [3.05, 3.63) is 33.1 Å². The van der Waals surface area contributed by atoms with Crippen LogP contribution in [0.2, 0.25) is 0 Å². The summed E-state index contributed by atoms with van der Waals surface area (Å²) in [5.74, 6) is -0.202. The Morgan fingerprint density at radius 1 is 1.40 bits per heavy atom. The topological polar surface area (TPSA) is 90.3 Å². The molecule has 0 atom stereocenters. The molecule has 1 heterocycles. The van der Waals surface area contributed by atoms with Gasteiger partial charge in [-0.25, -0.2) is 4.79 Å². The van der Waals surface area contributed by atoms with Gasteiger partial charge in [0.15, 0.2) is 0 Å². The summed E-state index contributed by atoms with van der Waals surface area (Å²) in [5.41, 5.74) is 4.56. The smallest absolute Gasteiger partial charge is 0.331 e. The third-order valence-electron chi connectivity index (χ3n) is 3.21. The predicted octanol–water partition coefficient (Wildman–Crippen LogP) is -1.01. The van der Waals surface area contributed by atoms with E-state index in [0.29, 0.717) is 13.1 Å². The standard InChI is InChI=1S/C13H22N4O3/c1-13(2,8-14)9-15(3)11(19)7-17-6-5-10(18)16(4)12(17)20/h5-6H,7-9,14H2,1-4H3. The molecule has 1 amide bonds. The molecule has 0 saturated heterocycles. The second-order valence-electron chi connectivity index (χ2n) is 5.74. The molecule has 0 aliphatic carbocycles. The van der Waals surface area contributed by atoms with Crippen molar-refractivity contribution in [3.63, 3.8) is 0 Å². The number of hydrogen-bond donors (Lipinski definition) is 1. The molecule has 0 unspecified atom stereocenters. The van der Waals surface area contributed by atoms with Crippen LogP contribution in [0.3, 0.4) is 0 Å². The van der Waals surface area contributed by atoms with Gasteiger partial charge in [0.25, 0.3) is 5.56 Å². The van der Waals surface area contributed by atoms with Gasteiger partial charge in [0.2, 0.25) is 5.91 Å². The van der Waals surface area contributed by atoms with Crippen molar-refractivity contribution >= 4 is 5.91 Å². The van der Waals surface area contributed by atoms with Crippen LogP contribution in [0.1, 0.15) is 13.8 Å². The van der Waals surface area contributed by atoms with Gasteiger partial charge in [0.1, 0.15) is 6.54 Å². The van der Waals surface area contributed by atoms with Crippen LogP contribution in [-0.4, -0.2) is 40.1 Å². The third-order valence-corrected chi connectivity index (χ3v) is 3.21. The zero-order chi connectivity index (χ0) is 15.5. The van der Waals surface area contributed by atoms with E-state index in [1.807, 2.05) is 13.8 Å². The fraction of sp³-hybridized carbons (Fsp3) is 0.615. The van der Waals surface area contributed by atoms with Crippen LogP contribution in [-0.2, 0) is 18.4 Å². The minimum absolute atomic E-state index is 0.0932. The highest BCUT2D eigenvalue weighted by Gasteiger charge is 2.21. The first-order valence-corrected chi connectivity index (χ1v) is 6.38. The predicted molar refractivity (Wildman–Crippen MR) is 76.4 cm³/mol. The van der Waals surface area contributed by atoms with E-state index in [9.17, 15) is 14.4 Å². The normalized spacial score (nSPS) is 11.4. The van der Waals surface area contributed by atoms with Gasteiger partial charge in [-0.15, -0.1) is 0 Å². The van der Waals surface area contributed by atoms with Crippen LogP contribution in [0.15, 0.2) is 21.9 Å². The van der Waals surface area contributed by atoms with E-state index < -0.39 is 11.2 Å². The zero-order valence-electron chi connectivity index (χ0n) is 12.4. The Hall–Kier alpha value is -1.89. The van der Waals surface area contributed by atoms with Gasteiger partial charge in [-0.3, -0.25) is 18.7 Å². The summed E-state index contributed by atoms with van der Waals surface area (Å²) in [6.45, 7) is 4.81. The molecule has 0 fully saturated rings. The Morgan fingerprint density at radius 3 is 2.55 bits per heavy atom. The number of carbonyl (C=O) groups is 1. The Balaban J connectivity index is 2.84. The van der Waals surface area contributed by atoms with Gasteiger partial charge in [-0.05, 0) is 12.0 Å². The van der Waals surface area contributed by atoms with Crippen molar-refractivity contribution in [2.75, 3.05) is 20.1 Å². The van der Waals surface area contributed by atoms with Gasteiger partial charge < -0.3 is 10.6 Å². The van der Waals surface area contributed by atoms with Crippen LogP contribution in [0.25, 0.3) is 0 Å². The van der Waals surface area contributed by atoms with Gasteiger partial charge in [-0.2, -0.15) is 0 Å². The molecule has 0 aliphatic rings. The van der Waals surface area contributed by atoms with E-state index >= 15 is 0 Å². The van der Waals surface area contributed by atoms with Crippen molar-refractivity contribution in [2.45, 2.75) is 20.4 Å². The van der Waals surface area contributed by atoms with E-state index in [0.717, 1.165) is 4.57 Å². The second-order valence-corrected chi connectivity index (χ2v) is 5.74. The lowest BCUT2D eigenvalue weighted by Gasteiger charge is -2.29. The quantitative estimate of drug-likeness (QED) is 0.749. The van der Waals surface area contributed by atoms with E-state index in [4.69, 9.17) is 5.73 Å². The van der Waals surface area contributed by atoms with Gasteiger partial charge in [0, 0.05) is 32.9 Å². The number of hydrogen-bond acceptors (Lipinski definition) is 4. The molecule has 112 valence electrons. The average molecular weight is 282 g/mol. The van der Waals surface area contributed by atoms with Gasteiger partial charge in [0.05, 0.1) is 0 Å². The molecule has 1 aromatic rings. The summed E-state index contributed by atoms with van der Waals surface area (Å²) in [6, 6.07) is 1.26. The molecule has 0 spiro atoms. The maximum atomic E-state index is 12.1. The molecule has 1 aromatic heterocycles. The summed E-state index contributed by atoms with van der Waals surface area (Å²) in [7, 11) is 3.06. The maximum Gasteiger partial charge on any atom is 0.331 e. The molecule has 0 saturated carbocycles. The van der Waals surface area contributed by atoms with Crippen LogP contribution < -0.4 is 17.0 Å². The SMILES string of the molecule is CN(CC(C)(C)CN)C(=O)Cn1ccc(=O)n(C)c1=O. The van der Waals surface area contributed by atoms with E-state index in [1.165, 1.54) is 23.9 Å². The van der Waals surface area contributed by atoms with Crippen LogP contribution in [0, 0.1) is 5.41 Å². The molecular formula is C13H22N4O3. The van der Waals surface area contributed by atoms with Gasteiger partial charge in [-0.1, -0.05) is 13.8 Å². The summed E-state index contributed by atoms with van der Waals surface area (Å²) < 4.78 is 2.19. The second kappa shape index (κ2) is 6.04. The van der Waals surface area contributed by atoms with Crippen molar-refractivity contribution in [2.24, 2.45) is 18.2 Å². The van der Waals surface area contributed by atoms with E-state index in [2.05, 4.69) is 0 Å². The van der Waals surface area contributed by atoms with E-state index in [-0.39, 0.29) is 17.9 Å². The minimum Gasteiger partial charge on any atom is -0.344 e. The zero-order valence-corrected chi connectivity index (χ0v) is 12.4. The summed E-state index contributed by atoms with van der Waals surface area (Å²) >= 11 is 0. The molecule has 7 heteroatoms. The first kappa shape index (κ1) is 16.2.